The van der Waals surface area contributed by atoms with Gasteiger partial charge in [-0.2, -0.15) is 0 Å². The SMILES string of the molecule is [C]1N2C=CN1C=c1ccc([nH]1)=Cc1ccc([nH]1)C=C1C=CC(=N1)C=c1ccc([nH]1)=C2. The molecule has 0 fully saturated rings. The molecule has 144 valence electrons. The molecule has 0 amide bonds. The number of allylic oxidation sites excluding steroid dienone is 2. The minimum atomic E-state index is 0.918. The van der Waals surface area contributed by atoms with Gasteiger partial charge in [-0.1, -0.05) is 0 Å². The zero-order valence-electron chi connectivity index (χ0n) is 16.0. The Kier molecular flexibility index (Phi) is 3.74. The average Bonchev–Trinajstić information content (AvgIpc) is 3.52. The van der Waals surface area contributed by atoms with Gasteiger partial charge in [-0.15, -0.1) is 0 Å². The van der Waals surface area contributed by atoms with E-state index in [9.17, 15) is 0 Å². The monoisotopic (exact) mass is 390 g/mol. The van der Waals surface area contributed by atoms with E-state index in [0.29, 0.717) is 0 Å². The summed E-state index contributed by atoms with van der Waals surface area (Å²) in [4.78, 5) is 18.7. The number of aliphatic imine (C=N–C) groups is 1. The minimum absolute atomic E-state index is 0.918. The van der Waals surface area contributed by atoms with Gasteiger partial charge in [0.05, 0.1) is 22.1 Å². The van der Waals surface area contributed by atoms with Crippen molar-refractivity contribution in [1.82, 2.24) is 24.8 Å². The van der Waals surface area contributed by atoms with Crippen molar-refractivity contribution in [3.05, 3.63) is 106 Å². The maximum absolute atomic E-state index is 4.69. The van der Waals surface area contributed by atoms with E-state index in [4.69, 9.17) is 4.99 Å². The summed E-state index contributed by atoms with van der Waals surface area (Å²) in [5.41, 5.74) is 3.88. The van der Waals surface area contributed by atoms with Crippen LogP contribution in [0.25, 0.3) is 30.6 Å². The second-order valence-electron chi connectivity index (χ2n) is 7.31. The van der Waals surface area contributed by atoms with Gasteiger partial charge >= 0.3 is 0 Å². The van der Waals surface area contributed by atoms with Crippen LogP contribution in [-0.2, 0) is 0 Å². The Bertz CT molecular complexity index is 1480. The minimum Gasteiger partial charge on any atom is -0.355 e. The standard InChI is InChI=1S/C24H18N6/c1-3-19-12-21-5-7-23(27-21)14-29-9-10-30(16-29)15-24-8-6-22(28-24)13-20-4-2-18(26-20)11-17(1)25-19/h1-15,25,27-28H. The number of aromatic amines is 3. The zero-order valence-corrected chi connectivity index (χ0v) is 16.0. The summed E-state index contributed by atoms with van der Waals surface area (Å²) in [6, 6.07) is 12.3. The van der Waals surface area contributed by atoms with E-state index in [2.05, 4.69) is 52.0 Å². The van der Waals surface area contributed by atoms with Crippen molar-refractivity contribution in [3.8, 4) is 0 Å². The summed E-state index contributed by atoms with van der Waals surface area (Å²) >= 11 is 0. The number of fused-ring (bicyclic) bond motifs is 9. The van der Waals surface area contributed by atoms with E-state index >= 15 is 0 Å². The Labute approximate surface area is 172 Å². The van der Waals surface area contributed by atoms with E-state index in [1.54, 1.807) is 0 Å². The number of nitrogens with zero attached hydrogens (tertiary/aromatic N) is 3. The van der Waals surface area contributed by atoms with Gasteiger partial charge in [-0.05, 0) is 66.8 Å². The van der Waals surface area contributed by atoms with Crippen molar-refractivity contribution in [2.75, 3.05) is 0 Å². The van der Waals surface area contributed by atoms with Crippen LogP contribution in [0.2, 0.25) is 0 Å². The largest absolute Gasteiger partial charge is 0.355 e. The highest BCUT2D eigenvalue weighted by molar-refractivity contribution is 6.19. The van der Waals surface area contributed by atoms with E-state index in [0.717, 1.165) is 44.2 Å². The van der Waals surface area contributed by atoms with Crippen LogP contribution < -0.4 is 21.4 Å². The van der Waals surface area contributed by atoms with Gasteiger partial charge in [0.2, 0.25) is 6.67 Å². The van der Waals surface area contributed by atoms with Crippen LogP contribution in [0.4, 0.5) is 0 Å². The molecule has 2 radical (unpaired) electrons. The predicted octanol–water partition coefficient (Wildman–Crippen LogP) is 0.907. The average molecular weight is 390 g/mol. The van der Waals surface area contributed by atoms with Gasteiger partial charge in [0.25, 0.3) is 0 Å². The first-order valence-corrected chi connectivity index (χ1v) is 9.71. The molecular weight excluding hydrogens is 372 g/mol. The fraction of sp³-hybridized carbons (Fsp3) is 0. The Morgan fingerprint density at radius 1 is 0.633 bits per heavy atom. The first-order chi connectivity index (χ1) is 14.7. The summed E-state index contributed by atoms with van der Waals surface area (Å²) in [5, 5.41) is 4.02. The van der Waals surface area contributed by atoms with Crippen molar-refractivity contribution in [3.63, 3.8) is 0 Å². The highest BCUT2D eigenvalue weighted by atomic mass is 15.3. The number of H-pyrrole nitrogens is 3. The van der Waals surface area contributed by atoms with Gasteiger partial charge in [-0.3, -0.25) is 0 Å². The maximum atomic E-state index is 4.69. The van der Waals surface area contributed by atoms with Gasteiger partial charge in [0, 0.05) is 46.9 Å². The summed E-state index contributed by atoms with van der Waals surface area (Å²) in [6.45, 7) is 3.27. The van der Waals surface area contributed by atoms with Crippen LogP contribution in [0.3, 0.4) is 0 Å². The molecule has 10 bridgehead atoms. The molecule has 6 nitrogen and oxygen atoms in total. The van der Waals surface area contributed by atoms with E-state index in [1.165, 1.54) is 0 Å². The molecule has 3 aromatic heterocycles. The Hall–Kier alpha value is -4.19. The number of aromatic nitrogens is 3. The molecule has 3 aromatic rings. The molecule has 0 aliphatic carbocycles. The normalized spacial score (nSPS) is 16.9. The van der Waals surface area contributed by atoms with Crippen molar-refractivity contribution < 1.29 is 0 Å². The molecule has 3 N–H and O–H groups in total. The second-order valence-corrected chi connectivity index (χ2v) is 7.31. The van der Waals surface area contributed by atoms with Gasteiger partial charge in [0.15, 0.2) is 0 Å². The van der Waals surface area contributed by atoms with Crippen molar-refractivity contribution in [2.24, 2.45) is 4.99 Å². The van der Waals surface area contributed by atoms with Crippen LogP contribution in [0.1, 0.15) is 11.4 Å². The van der Waals surface area contributed by atoms with Gasteiger partial charge in [0.1, 0.15) is 0 Å². The predicted molar refractivity (Wildman–Crippen MR) is 118 cm³/mol. The van der Waals surface area contributed by atoms with Crippen LogP contribution in [-0.4, -0.2) is 30.5 Å². The molecule has 6 rings (SSSR count). The summed E-state index contributed by atoms with van der Waals surface area (Å²) in [7, 11) is 0. The number of hydrogen-bond acceptors (Lipinski definition) is 3. The lowest BCUT2D eigenvalue weighted by Gasteiger charge is -2.10. The van der Waals surface area contributed by atoms with Crippen LogP contribution >= 0.6 is 0 Å². The highest BCUT2D eigenvalue weighted by Crippen LogP contribution is 2.15. The van der Waals surface area contributed by atoms with Crippen molar-refractivity contribution in [1.29, 1.82) is 0 Å². The molecule has 0 aromatic carbocycles. The first-order valence-electron chi connectivity index (χ1n) is 9.71. The Morgan fingerprint density at radius 3 is 2.00 bits per heavy atom. The molecule has 0 atom stereocenters. The maximum Gasteiger partial charge on any atom is 0.216 e. The molecule has 0 spiro atoms. The fourth-order valence-electron chi connectivity index (χ4n) is 3.60. The van der Waals surface area contributed by atoms with Gasteiger partial charge in [-0.25, -0.2) is 4.99 Å². The zero-order chi connectivity index (χ0) is 19.9. The Balaban J connectivity index is 1.48. The molecule has 3 aliphatic rings. The number of nitrogens with one attached hydrogen (secondary N) is 3. The van der Waals surface area contributed by atoms with Crippen molar-refractivity contribution >= 4 is 36.3 Å². The van der Waals surface area contributed by atoms with E-state index in [-0.39, 0.29) is 0 Å². The topological polar surface area (TPSA) is 66.2 Å². The lowest BCUT2D eigenvalue weighted by molar-refractivity contribution is 0.542. The van der Waals surface area contributed by atoms with Crippen molar-refractivity contribution in [2.45, 2.75) is 0 Å². The number of hydrogen-bond donors (Lipinski definition) is 3. The second kappa shape index (κ2) is 6.70. The fourth-order valence-corrected chi connectivity index (χ4v) is 3.60. The third-order valence-electron chi connectivity index (χ3n) is 4.97. The Morgan fingerprint density at radius 2 is 1.27 bits per heavy atom. The molecule has 6 heterocycles. The lowest BCUT2D eigenvalue weighted by Crippen LogP contribution is -2.19. The molecule has 0 unspecified atom stereocenters. The van der Waals surface area contributed by atoms with Crippen LogP contribution in [0.15, 0.2) is 71.6 Å². The van der Waals surface area contributed by atoms with E-state index < -0.39 is 0 Å². The van der Waals surface area contributed by atoms with Gasteiger partial charge < -0.3 is 24.8 Å². The summed E-state index contributed by atoms with van der Waals surface area (Å²) in [6.07, 6.45) is 18.1. The smallest absolute Gasteiger partial charge is 0.216 e. The lowest BCUT2D eigenvalue weighted by atomic mass is 10.3. The molecular formula is C24H18N6. The molecule has 30 heavy (non-hydrogen) atoms. The summed E-state index contributed by atoms with van der Waals surface area (Å²) < 4.78 is 0. The van der Waals surface area contributed by atoms with Crippen LogP contribution in [0, 0.1) is 6.67 Å². The molecule has 0 saturated heterocycles. The molecule has 0 saturated carbocycles. The quantitative estimate of drug-likeness (QED) is 0.534. The highest BCUT2D eigenvalue weighted by Gasteiger charge is 2.10. The van der Waals surface area contributed by atoms with E-state index in [1.807, 2.05) is 71.0 Å². The first kappa shape index (κ1) is 16.7. The third-order valence-corrected chi connectivity index (χ3v) is 4.97. The number of rotatable bonds is 0. The molecule has 3 aliphatic heterocycles. The summed E-state index contributed by atoms with van der Waals surface area (Å²) in [5.74, 6) is 0. The third kappa shape index (κ3) is 3.35. The molecule has 6 heteroatoms. The van der Waals surface area contributed by atoms with Crippen LogP contribution in [0.5, 0.6) is 0 Å².